The lowest BCUT2D eigenvalue weighted by Crippen LogP contribution is -2.54. The van der Waals surface area contributed by atoms with Gasteiger partial charge < -0.3 is 20.7 Å². The van der Waals surface area contributed by atoms with Crippen LogP contribution < -0.4 is 16.0 Å². The second-order valence-corrected chi connectivity index (χ2v) is 4.76. The van der Waals surface area contributed by atoms with Crippen LogP contribution in [0.15, 0.2) is 18.2 Å². The second-order valence-electron chi connectivity index (χ2n) is 4.35. The number of rotatable bonds is 3. The van der Waals surface area contributed by atoms with E-state index in [1.807, 2.05) is 24.0 Å². The number of carbonyl (C=O) groups is 1. The van der Waals surface area contributed by atoms with Gasteiger partial charge in [-0.15, -0.1) is 0 Å². The van der Waals surface area contributed by atoms with Gasteiger partial charge in [0.15, 0.2) is 0 Å². The van der Waals surface area contributed by atoms with Crippen molar-refractivity contribution in [3.05, 3.63) is 23.2 Å². The number of nitrogen functional groups attached to an aromatic ring is 1. The number of ether oxygens (including phenoxy) is 1. The van der Waals surface area contributed by atoms with Gasteiger partial charge in [0.05, 0.1) is 29.6 Å². The highest BCUT2D eigenvalue weighted by Gasteiger charge is 2.30. The molecular formula is C13H18ClN3O2. The molecule has 3 N–H and O–H groups in total. The summed E-state index contributed by atoms with van der Waals surface area (Å²) >= 11 is 6.04. The predicted molar refractivity (Wildman–Crippen MR) is 76.5 cm³/mol. The van der Waals surface area contributed by atoms with Crippen LogP contribution in [-0.4, -0.2) is 38.3 Å². The number of halogens is 1. The Labute approximate surface area is 117 Å². The molecule has 2 rings (SSSR count). The van der Waals surface area contributed by atoms with Gasteiger partial charge in [-0.3, -0.25) is 4.79 Å². The van der Waals surface area contributed by atoms with Crippen molar-refractivity contribution in [2.45, 2.75) is 13.0 Å². The first-order valence-electron chi connectivity index (χ1n) is 6.31. The Hall–Kier alpha value is -1.46. The average molecular weight is 284 g/mol. The first-order valence-corrected chi connectivity index (χ1v) is 6.69. The van der Waals surface area contributed by atoms with Gasteiger partial charge >= 0.3 is 0 Å². The molecule has 6 heteroatoms. The zero-order valence-corrected chi connectivity index (χ0v) is 11.6. The minimum absolute atomic E-state index is 0.0541. The van der Waals surface area contributed by atoms with Crippen LogP contribution in [0, 0.1) is 0 Å². The Morgan fingerprint density at radius 2 is 2.42 bits per heavy atom. The van der Waals surface area contributed by atoms with E-state index in [2.05, 4.69) is 5.32 Å². The van der Waals surface area contributed by atoms with Crippen molar-refractivity contribution in [3.8, 4) is 0 Å². The maximum Gasteiger partial charge on any atom is 0.245 e. The van der Waals surface area contributed by atoms with Gasteiger partial charge in [0, 0.05) is 13.1 Å². The second kappa shape index (κ2) is 6.12. The first-order chi connectivity index (χ1) is 9.15. The van der Waals surface area contributed by atoms with Crippen molar-refractivity contribution in [3.63, 3.8) is 0 Å². The molecule has 1 amide bonds. The van der Waals surface area contributed by atoms with Gasteiger partial charge in [-0.1, -0.05) is 17.7 Å². The molecule has 1 aromatic carbocycles. The van der Waals surface area contributed by atoms with Gasteiger partial charge in [-0.05, 0) is 19.1 Å². The highest BCUT2D eigenvalue weighted by atomic mass is 35.5. The Kier molecular flexibility index (Phi) is 4.50. The molecule has 0 aliphatic carbocycles. The molecule has 1 aliphatic heterocycles. The molecule has 0 saturated carbocycles. The highest BCUT2D eigenvalue weighted by Crippen LogP contribution is 2.32. The molecule has 1 aromatic rings. The fourth-order valence-electron chi connectivity index (χ4n) is 2.18. The van der Waals surface area contributed by atoms with E-state index in [0.717, 1.165) is 5.69 Å². The summed E-state index contributed by atoms with van der Waals surface area (Å²) in [7, 11) is 0. The third-order valence-electron chi connectivity index (χ3n) is 3.12. The maximum atomic E-state index is 12.1. The monoisotopic (exact) mass is 283 g/mol. The molecule has 1 fully saturated rings. The normalized spacial score (nSPS) is 19.3. The Morgan fingerprint density at radius 3 is 3.16 bits per heavy atom. The number of nitrogens with two attached hydrogens (primary N) is 1. The summed E-state index contributed by atoms with van der Waals surface area (Å²) in [5.74, 6) is -0.0541. The lowest BCUT2D eigenvalue weighted by molar-refractivity contribution is -0.124. The third-order valence-corrected chi connectivity index (χ3v) is 3.45. The lowest BCUT2D eigenvalue weighted by atomic mass is 10.1. The lowest BCUT2D eigenvalue weighted by Gasteiger charge is -2.37. The molecule has 1 unspecified atom stereocenters. The Morgan fingerprint density at radius 1 is 1.63 bits per heavy atom. The van der Waals surface area contributed by atoms with E-state index in [1.54, 1.807) is 6.07 Å². The van der Waals surface area contributed by atoms with Crippen molar-refractivity contribution < 1.29 is 9.53 Å². The first kappa shape index (κ1) is 14.0. The number of morpholine rings is 1. The summed E-state index contributed by atoms with van der Waals surface area (Å²) in [5.41, 5.74) is 7.29. The summed E-state index contributed by atoms with van der Waals surface area (Å²) in [6.45, 7) is 4.03. The Bertz CT molecular complexity index is 467. The van der Waals surface area contributed by atoms with Crippen LogP contribution in [0.5, 0.6) is 0 Å². The molecule has 19 heavy (non-hydrogen) atoms. The summed E-state index contributed by atoms with van der Waals surface area (Å²) in [4.78, 5) is 14.0. The molecule has 0 bridgehead atoms. The van der Waals surface area contributed by atoms with E-state index in [4.69, 9.17) is 22.1 Å². The zero-order valence-electron chi connectivity index (χ0n) is 10.9. The van der Waals surface area contributed by atoms with Crippen molar-refractivity contribution in [2.75, 3.05) is 36.9 Å². The summed E-state index contributed by atoms with van der Waals surface area (Å²) < 4.78 is 5.40. The number of hydrogen-bond acceptors (Lipinski definition) is 4. The van der Waals surface area contributed by atoms with E-state index in [-0.39, 0.29) is 11.9 Å². The molecule has 104 valence electrons. The number of amides is 1. The molecule has 1 atom stereocenters. The van der Waals surface area contributed by atoms with Crippen LogP contribution in [-0.2, 0) is 9.53 Å². The van der Waals surface area contributed by atoms with Crippen LogP contribution in [0.25, 0.3) is 0 Å². The number of hydrogen-bond donors (Lipinski definition) is 2. The van der Waals surface area contributed by atoms with E-state index >= 15 is 0 Å². The Balaban J connectivity index is 2.29. The van der Waals surface area contributed by atoms with E-state index in [9.17, 15) is 4.79 Å². The number of nitrogens with zero attached hydrogens (tertiary/aromatic N) is 1. The topological polar surface area (TPSA) is 67.6 Å². The van der Waals surface area contributed by atoms with Crippen LogP contribution in [0.4, 0.5) is 11.4 Å². The van der Waals surface area contributed by atoms with Crippen molar-refractivity contribution in [1.82, 2.24) is 5.32 Å². The number of para-hydroxylation sites is 1. The fourth-order valence-corrected chi connectivity index (χ4v) is 2.35. The summed E-state index contributed by atoms with van der Waals surface area (Å²) in [6, 6.07) is 5.08. The predicted octanol–water partition coefficient (Wildman–Crippen LogP) is 1.26. The van der Waals surface area contributed by atoms with E-state index in [1.165, 1.54) is 0 Å². The minimum atomic E-state index is -0.366. The molecule has 1 aliphatic rings. The summed E-state index contributed by atoms with van der Waals surface area (Å²) in [5, 5.41) is 3.31. The maximum absolute atomic E-state index is 12.1. The highest BCUT2D eigenvalue weighted by molar-refractivity contribution is 6.33. The molecule has 0 spiro atoms. The summed E-state index contributed by atoms with van der Waals surface area (Å²) in [6.07, 6.45) is 0. The minimum Gasteiger partial charge on any atom is -0.396 e. The van der Waals surface area contributed by atoms with Gasteiger partial charge in [0.25, 0.3) is 0 Å². The quantitative estimate of drug-likeness (QED) is 0.820. The number of carbonyl (C=O) groups excluding carboxylic acids is 1. The smallest absolute Gasteiger partial charge is 0.245 e. The molecule has 1 saturated heterocycles. The van der Waals surface area contributed by atoms with Gasteiger partial charge in [0.1, 0.15) is 6.04 Å². The van der Waals surface area contributed by atoms with Crippen molar-refractivity contribution >= 4 is 28.9 Å². The molecule has 0 aromatic heterocycles. The molecule has 0 radical (unpaired) electrons. The van der Waals surface area contributed by atoms with Crippen LogP contribution in [0.3, 0.4) is 0 Å². The molecule has 5 nitrogen and oxygen atoms in total. The van der Waals surface area contributed by atoms with Crippen LogP contribution >= 0.6 is 11.6 Å². The molecular weight excluding hydrogens is 266 g/mol. The van der Waals surface area contributed by atoms with Gasteiger partial charge in [0.2, 0.25) is 5.91 Å². The largest absolute Gasteiger partial charge is 0.396 e. The van der Waals surface area contributed by atoms with Crippen LogP contribution in [0.1, 0.15) is 6.92 Å². The zero-order chi connectivity index (χ0) is 13.8. The van der Waals surface area contributed by atoms with Gasteiger partial charge in [-0.2, -0.15) is 0 Å². The van der Waals surface area contributed by atoms with E-state index < -0.39 is 0 Å². The van der Waals surface area contributed by atoms with Gasteiger partial charge in [-0.25, -0.2) is 0 Å². The van der Waals surface area contributed by atoms with Crippen molar-refractivity contribution in [2.24, 2.45) is 0 Å². The van der Waals surface area contributed by atoms with E-state index in [0.29, 0.717) is 37.0 Å². The van der Waals surface area contributed by atoms with Crippen LogP contribution in [0.2, 0.25) is 5.02 Å². The molecule has 1 heterocycles. The fraction of sp³-hybridized carbons (Fsp3) is 0.462. The number of benzene rings is 1. The average Bonchev–Trinajstić information content (AvgIpc) is 2.42. The van der Waals surface area contributed by atoms with Crippen molar-refractivity contribution in [1.29, 1.82) is 0 Å². The number of anilines is 2. The number of nitrogens with one attached hydrogen (secondary N) is 1. The SMILES string of the molecule is CCNC(=O)C1COCCN1c1cccc(Cl)c1N. The standard InChI is InChI=1S/C13H18ClN3O2/c1-2-16-13(18)11-8-19-7-6-17(11)10-5-3-4-9(14)12(10)15/h3-5,11H,2,6-8,15H2,1H3,(H,16,18). The third kappa shape index (κ3) is 2.93. The number of likely N-dealkylation sites (N-methyl/N-ethyl adjacent to an activating group) is 1.